The van der Waals surface area contributed by atoms with E-state index in [2.05, 4.69) is 17.2 Å². The zero-order valence-electron chi connectivity index (χ0n) is 13.4. The van der Waals surface area contributed by atoms with Crippen LogP contribution in [0.4, 0.5) is 17.1 Å². The Balaban J connectivity index is 1.73. The van der Waals surface area contributed by atoms with Gasteiger partial charge in [-0.3, -0.25) is 10.1 Å². The molecule has 3 rings (SSSR count). The molecule has 3 aromatic carbocycles. The first-order valence-electron chi connectivity index (χ1n) is 7.77. The summed E-state index contributed by atoms with van der Waals surface area (Å²) in [6.45, 7) is 4.15. The predicted molar refractivity (Wildman–Crippen MR) is 97.4 cm³/mol. The highest BCUT2D eigenvalue weighted by Gasteiger charge is 2.11. The Bertz CT molecular complexity index is 873. The summed E-state index contributed by atoms with van der Waals surface area (Å²) in [5, 5.41) is 19.1. The number of hydrogen-bond donors (Lipinski definition) is 0. The topological polar surface area (TPSA) is 67.9 Å². The lowest BCUT2D eigenvalue weighted by Crippen LogP contribution is -1.96. The normalized spacial score (nSPS) is 12.2. The molecule has 5 nitrogen and oxygen atoms in total. The number of nitro groups is 1. The van der Waals surface area contributed by atoms with Crippen LogP contribution < -0.4 is 0 Å². The molecule has 1 radical (unpaired) electrons. The summed E-state index contributed by atoms with van der Waals surface area (Å²) in [5.41, 5.74) is 3.56. The van der Waals surface area contributed by atoms with Gasteiger partial charge in [-0.1, -0.05) is 42.5 Å². The van der Waals surface area contributed by atoms with Gasteiger partial charge in [-0.05, 0) is 42.3 Å². The molecule has 0 fully saturated rings. The van der Waals surface area contributed by atoms with Gasteiger partial charge in [0.2, 0.25) is 0 Å². The number of azo groups is 1. The van der Waals surface area contributed by atoms with Gasteiger partial charge < -0.3 is 0 Å². The lowest BCUT2D eigenvalue weighted by molar-refractivity contribution is -0.384. The van der Waals surface area contributed by atoms with Crippen LogP contribution >= 0.6 is 0 Å². The molecular formula is C20H16N3O2. The van der Waals surface area contributed by atoms with E-state index < -0.39 is 4.92 Å². The highest BCUT2D eigenvalue weighted by molar-refractivity contribution is 5.45. The summed E-state index contributed by atoms with van der Waals surface area (Å²) >= 11 is 0. The second-order valence-corrected chi connectivity index (χ2v) is 5.53. The first-order chi connectivity index (χ1) is 12.1. The van der Waals surface area contributed by atoms with Crippen LogP contribution in [-0.2, 0) is 0 Å². The summed E-state index contributed by atoms with van der Waals surface area (Å²) in [4.78, 5) is 10.3. The van der Waals surface area contributed by atoms with Crippen LogP contribution in [0, 0.1) is 17.0 Å². The van der Waals surface area contributed by atoms with Gasteiger partial charge in [0.25, 0.3) is 5.69 Å². The fraction of sp³-hybridized carbons (Fsp3) is 0.0500. The lowest BCUT2D eigenvalue weighted by Gasteiger charge is -2.12. The second kappa shape index (κ2) is 7.49. The predicted octanol–water partition coefficient (Wildman–Crippen LogP) is 5.98. The third kappa shape index (κ3) is 4.14. The van der Waals surface area contributed by atoms with Crippen molar-refractivity contribution in [2.45, 2.75) is 5.92 Å². The van der Waals surface area contributed by atoms with Crippen molar-refractivity contribution in [3.05, 3.63) is 107 Å². The largest absolute Gasteiger partial charge is 0.269 e. The highest BCUT2D eigenvalue weighted by atomic mass is 16.6. The molecule has 123 valence electrons. The SMILES string of the molecule is [CH2]C(c1ccc(/N=N/c2ccccc2)cc1)c1ccc([N+](=O)[O-])cc1. The van der Waals surface area contributed by atoms with Gasteiger partial charge in [0.15, 0.2) is 0 Å². The van der Waals surface area contributed by atoms with Crippen molar-refractivity contribution < 1.29 is 4.92 Å². The molecule has 5 heteroatoms. The average molecular weight is 330 g/mol. The number of benzene rings is 3. The molecule has 1 unspecified atom stereocenters. The van der Waals surface area contributed by atoms with Crippen molar-refractivity contribution in [1.29, 1.82) is 0 Å². The lowest BCUT2D eigenvalue weighted by atomic mass is 9.93. The summed E-state index contributed by atoms with van der Waals surface area (Å²) < 4.78 is 0. The van der Waals surface area contributed by atoms with E-state index in [0.29, 0.717) is 0 Å². The maximum Gasteiger partial charge on any atom is 0.269 e. The quantitative estimate of drug-likeness (QED) is 0.328. The molecule has 0 saturated carbocycles. The molecule has 1 atom stereocenters. The fourth-order valence-corrected chi connectivity index (χ4v) is 2.40. The minimum atomic E-state index is -0.408. The zero-order chi connectivity index (χ0) is 17.6. The van der Waals surface area contributed by atoms with Gasteiger partial charge in [-0.15, -0.1) is 0 Å². The first-order valence-corrected chi connectivity index (χ1v) is 7.77. The molecule has 0 aromatic heterocycles. The fourth-order valence-electron chi connectivity index (χ4n) is 2.40. The van der Waals surface area contributed by atoms with Crippen molar-refractivity contribution >= 4 is 17.1 Å². The molecule has 3 aromatic rings. The van der Waals surface area contributed by atoms with Crippen molar-refractivity contribution in [1.82, 2.24) is 0 Å². The summed E-state index contributed by atoms with van der Waals surface area (Å²) in [5.74, 6) is -0.110. The van der Waals surface area contributed by atoms with E-state index in [9.17, 15) is 10.1 Å². The summed E-state index contributed by atoms with van der Waals surface area (Å²) in [7, 11) is 0. The van der Waals surface area contributed by atoms with Crippen LogP contribution in [-0.4, -0.2) is 4.92 Å². The smallest absolute Gasteiger partial charge is 0.258 e. The number of nitrogens with zero attached hydrogens (tertiary/aromatic N) is 3. The van der Waals surface area contributed by atoms with Crippen LogP contribution in [0.5, 0.6) is 0 Å². The van der Waals surface area contributed by atoms with E-state index in [4.69, 9.17) is 0 Å². The molecule has 0 heterocycles. The third-order valence-electron chi connectivity index (χ3n) is 3.84. The van der Waals surface area contributed by atoms with E-state index >= 15 is 0 Å². The standard InChI is InChI=1S/C20H16N3O2/c1-15(17-9-13-20(14-10-17)23(24)25)16-7-11-19(12-8-16)22-21-18-5-3-2-4-6-18/h2-15H,1H2/b22-21+. The Morgan fingerprint density at radius 2 is 1.24 bits per heavy atom. The molecule has 0 spiro atoms. The molecule has 0 N–H and O–H groups in total. The zero-order valence-corrected chi connectivity index (χ0v) is 13.4. The molecule has 0 aliphatic heterocycles. The Hall–Kier alpha value is -3.34. The maximum atomic E-state index is 10.7. The van der Waals surface area contributed by atoms with E-state index in [1.165, 1.54) is 12.1 Å². The molecule has 25 heavy (non-hydrogen) atoms. The third-order valence-corrected chi connectivity index (χ3v) is 3.84. The van der Waals surface area contributed by atoms with Gasteiger partial charge in [0.1, 0.15) is 0 Å². The van der Waals surface area contributed by atoms with Gasteiger partial charge in [0, 0.05) is 18.1 Å². The Morgan fingerprint density at radius 1 is 0.760 bits per heavy atom. The number of nitro benzene ring substituents is 1. The van der Waals surface area contributed by atoms with Gasteiger partial charge in [0.05, 0.1) is 16.3 Å². The molecule has 0 aliphatic carbocycles. The van der Waals surface area contributed by atoms with Crippen LogP contribution in [0.2, 0.25) is 0 Å². The van der Waals surface area contributed by atoms with E-state index in [0.717, 1.165) is 22.5 Å². The Labute approximate surface area is 145 Å². The molecular weight excluding hydrogens is 314 g/mol. The van der Waals surface area contributed by atoms with Crippen LogP contribution in [0.15, 0.2) is 89.1 Å². The van der Waals surface area contributed by atoms with Crippen LogP contribution in [0.25, 0.3) is 0 Å². The van der Waals surface area contributed by atoms with Crippen molar-refractivity contribution in [2.24, 2.45) is 10.2 Å². The monoisotopic (exact) mass is 330 g/mol. The van der Waals surface area contributed by atoms with Gasteiger partial charge in [-0.2, -0.15) is 10.2 Å². The molecule has 0 saturated heterocycles. The first kappa shape index (κ1) is 16.5. The van der Waals surface area contributed by atoms with E-state index in [-0.39, 0.29) is 11.6 Å². The minimum absolute atomic E-state index is 0.0765. The van der Waals surface area contributed by atoms with Crippen molar-refractivity contribution in [2.75, 3.05) is 0 Å². The Kier molecular flexibility index (Phi) is 4.95. The summed E-state index contributed by atoms with van der Waals surface area (Å²) in [6.07, 6.45) is 0. The van der Waals surface area contributed by atoms with Gasteiger partial charge >= 0.3 is 0 Å². The van der Waals surface area contributed by atoms with E-state index in [1.54, 1.807) is 12.1 Å². The number of non-ortho nitro benzene ring substituents is 1. The van der Waals surface area contributed by atoms with Gasteiger partial charge in [-0.25, -0.2) is 0 Å². The summed E-state index contributed by atoms with van der Waals surface area (Å²) in [6, 6.07) is 23.6. The van der Waals surface area contributed by atoms with Crippen molar-refractivity contribution in [3.8, 4) is 0 Å². The number of hydrogen-bond acceptors (Lipinski definition) is 4. The number of rotatable bonds is 5. The maximum absolute atomic E-state index is 10.7. The molecule has 0 aliphatic rings. The minimum Gasteiger partial charge on any atom is -0.258 e. The molecule has 0 bridgehead atoms. The second-order valence-electron chi connectivity index (χ2n) is 5.53. The highest BCUT2D eigenvalue weighted by Crippen LogP contribution is 2.27. The molecule has 0 amide bonds. The van der Waals surface area contributed by atoms with Crippen molar-refractivity contribution in [3.63, 3.8) is 0 Å². The van der Waals surface area contributed by atoms with Crippen LogP contribution in [0.1, 0.15) is 17.0 Å². The average Bonchev–Trinajstić information content (AvgIpc) is 2.67. The van der Waals surface area contributed by atoms with E-state index in [1.807, 2.05) is 54.6 Å². The Morgan fingerprint density at radius 3 is 1.76 bits per heavy atom. The van der Waals surface area contributed by atoms with Crippen LogP contribution in [0.3, 0.4) is 0 Å².